The molecule has 2 aromatic rings. The van der Waals surface area contributed by atoms with E-state index in [-0.39, 0.29) is 12.6 Å². The average Bonchev–Trinajstić information content (AvgIpc) is 3.25. The Morgan fingerprint density at radius 1 is 1.26 bits per heavy atom. The molecule has 1 aromatic carbocycles. The molecule has 1 heterocycles. The van der Waals surface area contributed by atoms with E-state index in [1.165, 1.54) is 34.1 Å². The molecule has 38 heavy (non-hydrogen) atoms. The maximum atomic E-state index is 11.5. The fourth-order valence-electron chi connectivity index (χ4n) is 3.24. The number of hydrogen-bond acceptors (Lipinski definition) is 6. The monoisotopic (exact) mass is 569 g/mol. The van der Waals surface area contributed by atoms with E-state index in [0.717, 1.165) is 53.1 Å². The summed E-state index contributed by atoms with van der Waals surface area (Å²) in [5.74, 6) is 1.28. The lowest BCUT2D eigenvalue weighted by molar-refractivity contribution is -0.143. The highest BCUT2D eigenvalue weighted by Crippen LogP contribution is 2.36. The molecule has 4 nitrogen and oxygen atoms in total. The summed E-state index contributed by atoms with van der Waals surface area (Å²) in [6, 6.07) is 4.06. The number of halogens is 3. The van der Waals surface area contributed by atoms with Crippen LogP contribution in [-0.2, 0) is 21.7 Å². The zero-order valence-corrected chi connectivity index (χ0v) is 24.7. The van der Waals surface area contributed by atoms with Crippen molar-refractivity contribution in [1.29, 1.82) is 0 Å². The zero-order chi connectivity index (χ0) is 28.7. The van der Waals surface area contributed by atoms with Crippen LogP contribution in [0.1, 0.15) is 66.7 Å². The van der Waals surface area contributed by atoms with Crippen LogP contribution in [0.15, 0.2) is 47.9 Å². The van der Waals surface area contributed by atoms with Crippen molar-refractivity contribution in [1.82, 2.24) is 4.98 Å². The first-order valence-corrected chi connectivity index (χ1v) is 14.2. The molecule has 210 valence electrons. The molecule has 0 atom stereocenters. The number of nitrogens with zero attached hydrogens (tertiary/aromatic N) is 1. The summed E-state index contributed by atoms with van der Waals surface area (Å²) in [5.41, 5.74) is 4.62. The minimum absolute atomic E-state index is 0.0675. The van der Waals surface area contributed by atoms with E-state index in [9.17, 15) is 18.0 Å². The van der Waals surface area contributed by atoms with Gasteiger partial charge in [-0.2, -0.15) is 13.2 Å². The molecule has 0 aliphatic carbocycles. The summed E-state index contributed by atoms with van der Waals surface area (Å²) in [6.45, 7) is 13.7. The number of thiazole rings is 1. The second-order valence-electron chi connectivity index (χ2n) is 8.42. The van der Waals surface area contributed by atoms with Crippen molar-refractivity contribution in [2.45, 2.75) is 77.1 Å². The molecular formula is C29H38F3NO3S2. The standard InChI is InChI=1S/C24H31NO3S2.C5H7F3/c1-7-9-11-19-17(4)21(13-12-20(19)28-14-23(26)27-6)29-15-22-18(5)25-24(30-22)16(3)10-8-2;1-2-3-4-5(6,7)8/h8,10,12-13H,2,7,9,11,14-15H2,1,3-6H3;2-3H,4H2,1H3/b16-10+;3-2-. The normalized spacial score (nSPS) is 11.8. The average molecular weight is 570 g/mol. The maximum Gasteiger partial charge on any atom is 0.392 e. The van der Waals surface area contributed by atoms with Crippen LogP contribution in [0.25, 0.3) is 5.57 Å². The molecule has 2 rings (SSSR count). The number of allylic oxidation sites excluding steroid dienone is 5. The molecule has 0 unspecified atom stereocenters. The van der Waals surface area contributed by atoms with Crippen LogP contribution in [0.3, 0.4) is 0 Å². The predicted molar refractivity (Wildman–Crippen MR) is 153 cm³/mol. The van der Waals surface area contributed by atoms with Crippen molar-refractivity contribution in [3.8, 4) is 5.75 Å². The summed E-state index contributed by atoms with van der Waals surface area (Å²) in [4.78, 5) is 18.7. The lowest BCUT2D eigenvalue weighted by atomic mass is 10.0. The van der Waals surface area contributed by atoms with Gasteiger partial charge >= 0.3 is 12.1 Å². The first kappa shape index (κ1) is 33.5. The highest BCUT2D eigenvalue weighted by Gasteiger charge is 2.24. The maximum absolute atomic E-state index is 11.5. The van der Waals surface area contributed by atoms with Gasteiger partial charge in [0.2, 0.25) is 0 Å². The number of carbonyl (C=O) groups excluding carboxylic acids is 1. The number of carbonyl (C=O) groups is 1. The summed E-state index contributed by atoms with van der Waals surface area (Å²) in [6.07, 6.45) is 4.52. The van der Waals surface area contributed by atoms with Crippen LogP contribution >= 0.6 is 23.1 Å². The van der Waals surface area contributed by atoms with Crippen LogP contribution in [-0.4, -0.2) is 30.8 Å². The third kappa shape index (κ3) is 11.9. The second-order valence-corrected chi connectivity index (χ2v) is 10.5. The molecule has 0 spiro atoms. The molecule has 0 aliphatic rings. The number of unbranched alkanes of at least 4 members (excludes halogenated alkanes) is 1. The topological polar surface area (TPSA) is 48.4 Å². The van der Waals surface area contributed by atoms with Gasteiger partial charge in [0.1, 0.15) is 10.8 Å². The van der Waals surface area contributed by atoms with Gasteiger partial charge in [-0.05, 0) is 69.4 Å². The minimum atomic E-state index is -4.04. The lowest BCUT2D eigenvalue weighted by Crippen LogP contribution is -2.13. The van der Waals surface area contributed by atoms with Gasteiger partial charge in [0.15, 0.2) is 6.61 Å². The van der Waals surface area contributed by atoms with Crippen molar-refractivity contribution in [2.24, 2.45) is 0 Å². The van der Waals surface area contributed by atoms with Crippen LogP contribution < -0.4 is 4.74 Å². The van der Waals surface area contributed by atoms with E-state index in [1.54, 1.807) is 24.3 Å². The third-order valence-electron chi connectivity index (χ3n) is 5.40. The smallest absolute Gasteiger partial charge is 0.392 e. The molecule has 0 saturated carbocycles. The van der Waals surface area contributed by atoms with Crippen LogP contribution in [0.2, 0.25) is 0 Å². The predicted octanol–water partition coefficient (Wildman–Crippen LogP) is 9.05. The van der Waals surface area contributed by atoms with E-state index in [4.69, 9.17) is 14.5 Å². The fraction of sp³-hybridized carbons (Fsp3) is 0.448. The molecule has 0 fully saturated rings. The molecule has 0 amide bonds. The number of hydrogen-bond donors (Lipinski definition) is 0. The number of aryl methyl sites for hydroxylation is 1. The molecule has 0 bridgehead atoms. The Kier molecular flexibility index (Phi) is 15.1. The highest BCUT2D eigenvalue weighted by molar-refractivity contribution is 7.98. The van der Waals surface area contributed by atoms with E-state index >= 15 is 0 Å². The zero-order valence-electron chi connectivity index (χ0n) is 23.0. The number of thioether (sulfide) groups is 1. The Balaban J connectivity index is 0.000000781. The van der Waals surface area contributed by atoms with E-state index in [2.05, 4.69) is 40.3 Å². The van der Waals surface area contributed by atoms with E-state index in [1.807, 2.05) is 23.9 Å². The highest BCUT2D eigenvalue weighted by atomic mass is 32.2. The largest absolute Gasteiger partial charge is 0.482 e. The molecule has 0 N–H and O–H groups in total. The van der Waals surface area contributed by atoms with Crippen molar-refractivity contribution < 1.29 is 27.4 Å². The molecule has 0 aliphatic heterocycles. The first-order chi connectivity index (χ1) is 18.0. The van der Waals surface area contributed by atoms with Crippen molar-refractivity contribution in [2.75, 3.05) is 13.7 Å². The molecule has 1 aromatic heterocycles. The molecular weight excluding hydrogens is 531 g/mol. The Hall–Kier alpha value is -2.52. The van der Waals surface area contributed by atoms with Gasteiger partial charge in [0.05, 0.1) is 19.2 Å². The van der Waals surface area contributed by atoms with Gasteiger partial charge in [-0.3, -0.25) is 0 Å². The van der Waals surface area contributed by atoms with Crippen LogP contribution in [0, 0.1) is 13.8 Å². The van der Waals surface area contributed by atoms with Gasteiger partial charge in [-0.1, -0.05) is 44.2 Å². The van der Waals surface area contributed by atoms with Gasteiger partial charge in [-0.15, -0.1) is 23.1 Å². The van der Waals surface area contributed by atoms with Crippen molar-refractivity contribution in [3.05, 3.63) is 69.7 Å². The number of benzene rings is 1. The summed E-state index contributed by atoms with van der Waals surface area (Å²) in [5, 5.41) is 1.05. The quantitative estimate of drug-likeness (QED) is 0.110. The van der Waals surface area contributed by atoms with Gasteiger partial charge < -0.3 is 9.47 Å². The van der Waals surface area contributed by atoms with E-state index in [0.29, 0.717) is 0 Å². The van der Waals surface area contributed by atoms with Gasteiger partial charge in [0, 0.05) is 15.5 Å². The number of aromatic nitrogens is 1. The Bertz CT molecular complexity index is 1110. The second kappa shape index (κ2) is 17.1. The third-order valence-corrected chi connectivity index (χ3v) is 8.06. The van der Waals surface area contributed by atoms with Crippen molar-refractivity contribution >= 4 is 34.6 Å². The summed E-state index contributed by atoms with van der Waals surface area (Å²) >= 11 is 3.57. The number of esters is 1. The molecule has 9 heteroatoms. The molecule has 0 saturated heterocycles. The Labute approximate surface area is 233 Å². The van der Waals surface area contributed by atoms with Crippen LogP contribution in [0.4, 0.5) is 13.2 Å². The summed E-state index contributed by atoms with van der Waals surface area (Å²) < 4.78 is 44.0. The van der Waals surface area contributed by atoms with E-state index < -0.39 is 12.6 Å². The number of rotatable bonds is 12. The number of methoxy groups -OCH3 is 1. The minimum Gasteiger partial charge on any atom is -0.482 e. The first-order valence-electron chi connectivity index (χ1n) is 12.4. The number of ether oxygens (including phenoxy) is 2. The number of alkyl halides is 3. The SMILES string of the molecule is C/C=C\CC(F)(F)F.C=C/C=C(\C)c1nc(C)c(CSc2ccc(OCC(=O)OC)c(CCCC)c2C)s1. The molecule has 0 radical (unpaired) electrons. The van der Waals surface area contributed by atoms with Gasteiger partial charge in [0.25, 0.3) is 0 Å². The Morgan fingerprint density at radius 3 is 2.53 bits per heavy atom. The van der Waals surface area contributed by atoms with Gasteiger partial charge in [-0.25, -0.2) is 9.78 Å². The summed E-state index contributed by atoms with van der Waals surface area (Å²) in [7, 11) is 1.37. The van der Waals surface area contributed by atoms with Crippen LogP contribution in [0.5, 0.6) is 5.75 Å². The Morgan fingerprint density at radius 2 is 1.97 bits per heavy atom. The fourth-order valence-corrected chi connectivity index (χ4v) is 5.49. The lowest BCUT2D eigenvalue weighted by Gasteiger charge is -2.16. The van der Waals surface area contributed by atoms with Crippen molar-refractivity contribution in [3.63, 3.8) is 0 Å².